The van der Waals surface area contributed by atoms with Crippen LogP contribution in [0.3, 0.4) is 0 Å². The number of hydrogen-bond donors (Lipinski definition) is 0. The van der Waals surface area contributed by atoms with Gasteiger partial charge in [0.25, 0.3) is 0 Å². The zero-order valence-electron chi connectivity index (χ0n) is 27.1. The predicted molar refractivity (Wildman–Crippen MR) is 209 cm³/mol. The van der Waals surface area contributed by atoms with Crippen LogP contribution in [0.1, 0.15) is 0 Å². The van der Waals surface area contributed by atoms with Gasteiger partial charge in [0.2, 0.25) is 0 Å². The average molecular weight is 636 g/mol. The first-order valence-electron chi connectivity index (χ1n) is 17.0. The molecule has 10 aromatic rings. The zero-order valence-corrected chi connectivity index (χ0v) is 27.1. The molecule has 50 heavy (non-hydrogen) atoms. The SMILES string of the molecule is c1ccc(-c2ccc(-c3nc(-c4ccc(-c5nc6c7ccccc7c7ccccc7c6c6ccccc56)cc4)nc4ccccc34)cc2)cc1. The molecular weight excluding hydrogens is 607 g/mol. The van der Waals surface area contributed by atoms with Crippen LogP contribution in [-0.4, -0.2) is 15.0 Å². The molecule has 10 rings (SSSR count). The fourth-order valence-corrected chi connectivity index (χ4v) is 7.47. The lowest BCUT2D eigenvalue weighted by Crippen LogP contribution is -1.96. The van der Waals surface area contributed by atoms with Crippen molar-refractivity contribution < 1.29 is 0 Å². The molecule has 0 fully saturated rings. The van der Waals surface area contributed by atoms with Gasteiger partial charge in [0, 0.05) is 38.2 Å². The van der Waals surface area contributed by atoms with E-state index in [0.29, 0.717) is 5.82 Å². The minimum absolute atomic E-state index is 0.700. The Morgan fingerprint density at radius 3 is 1.38 bits per heavy atom. The summed E-state index contributed by atoms with van der Waals surface area (Å²) in [5.74, 6) is 0.700. The molecular formula is C47H29N3. The Morgan fingerprint density at radius 2 is 0.700 bits per heavy atom. The van der Waals surface area contributed by atoms with Gasteiger partial charge in [-0.1, -0.05) is 170 Å². The van der Waals surface area contributed by atoms with E-state index in [9.17, 15) is 0 Å². The molecule has 0 saturated carbocycles. The summed E-state index contributed by atoms with van der Waals surface area (Å²) in [5.41, 5.74) is 9.30. The van der Waals surface area contributed by atoms with E-state index in [1.807, 2.05) is 12.1 Å². The van der Waals surface area contributed by atoms with Crippen molar-refractivity contribution in [1.82, 2.24) is 15.0 Å². The zero-order chi connectivity index (χ0) is 33.0. The first-order valence-corrected chi connectivity index (χ1v) is 17.0. The van der Waals surface area contributed by atoms with Crippen molar-refractivity contribution in [1.29, 1.82) is 0 Å². The summed E-state index contributed by atoms with van der Waals surface area (Å²) < 4.78 is 0. The molecule has 0 N–H and O–H groups in total. The lowest BCUT2D eigenvalue weighted by molar-refractivity contribution is 1.23. The maximum absolute atomic E-state index is 5.45. The molecule has 0 saturated heterocycles. The number of para-hydroxylation sites is 1. The quantitative estimate of drug-likeness (QED) is 0.181. The van der Waals surface area contributed by atoms with Gasteiger partial charge in [0.1, 0.15) is 0 Å². The molecule has 0 unspecified atom stereocenters. The average Bonchev–Trinajstić information content (AvgIpc) is 3.20. The standard InChI is InChI=1S/C47H29N3/c1-2-12-30(13-3-1)31-22-24-33(25-23-31)45-41-20-10-11-21-42(41)48-47(50-45)34-28-26-32(27-29-34)44-40-19-9-7-17-38(40)43-37-16-6-4-14-35(37)36-15-5-8-18-39(36)46(43)49-44/h1-29H. The largest absolute Gasteiger partial charge is 0.246 e. The van der Waals surface area contributed by atoms with Crippen molar-refractivity contribution in [2.24, 2.45) is 0 Å². The molecule has 2 heterocycles. The highest BCUT2D eigenvalue weighted by Crippen LogP contribution is 2.41. The Hall–Kier alpha value is -6.71. The molecule has 232 valence electrons. The van der Waals surface area contributed by atoms with Crippen molar-refractivity contribution >= 4 is 54.1 Å². The summed E-state index contributed by atoms with van der Waals surface area (Å²) in [7, 11) is 0. The highest BCUT2D eigenvalue weighted by Gasteiger charge is 2.17. The highest BCUT2D eigenvalue weighted by molar-refractivity contribution is 6.31. The Bertz CT molecular complexity index is 2890. The molecule has 0 amide bonds. The number of hydrogen-bond acceptors (Lipinski definition) is 3. The van der Waals surface area contributed by atoms with Gasteiger partial charge in [-0.2, -0.15) is 0 Å². The summed E-state index contributed by atoms with van der Waals surface area (Å²) in [6.07, 6.45) is 0. The lowest BCUT2D eigenvalue weighted by Gasteiger charge is -2.15. The maximum Gasteiger partial charge on any atom is 0.160 e. The first-order chi connectivity index (χ1) is 24.8. The van der Waals surface area contributed by atoms with Crippen molar-refractivity contribution in [3.05, 3.63) is 176 Å². The summed E-state index contributed by atoms with van der Waals surface area (Å²) in [5, 5.41) is 9.44. The van der Waals surface area contributed by atoms with Gasteiger partial charge in [-0.05, 0) is 38.7 Å². The monoisotopic (exact) mass is 635 g/mol. The van der Waals surface area contributed by atoms with Crippen LogP contribution in [0.4, 0.5) is 0 Å². The first kappa shape index (κ1) is 28.3. The molecule has 2 aromatic heterocycles. The van der Waals surface area contributed by atoms with Gasteiger partial charge >= 0.3 is 0 Å². The third-order valence-corrected chi connectivity index (χ3v) is 9.87. The number of pyridine rings is 1. The van der Waals surface area contributed by atoms with Gasteiger partial charge in [0.15, 0.2) is 5.82 Å². The fourth-order valence-electron chi connectivity index (χ4n) is 7.47. The molecule has 0 aliphatic carbocycles. The van der Waals surface area contributed by atoms with Crippen LogP contribution < -0.4 is 0 Å². The number of aromatic nitrogens is 3. The van der Waals surface area contributed by atoms with E-state index in [0.717, 1.165) is 49.9 Å². The Balaban J connectivity index is 1.11. The number of benzene rings is 8. The van der Waals surface area contributed by atoms with E-state index in [1.165, 1.54) is 43.4 Å². The van der Waals surface area contributed by atoms with Crippen LogP contribution in [-0.2, 0) is 0 Å². The second-order valence-electron chi connectivity index (χ2n) is 12.8. The smallest absolute Gasteiger partial charge is 0.160 e. The van der Waals surface area contributed by atoms with Crippen LogP contribution in [0.15, 0.2) is 176 Å². The predicted octanol–water partition coefficient (Wildman–Crippen LogP) is 12.3. The van der Waals surface area contributed by atoms with Crippen LogP contribution >= 0.6 is 0 Å². The van der Waals surface area contributed by atoms with Gasteiger partial charge in [0.05, 0.1) is 22.4 Å². The number of nitrogens with zero attached hydrogens (tertiary/aromatic N) is 3. The third-order valence-electron chi connectivity index (χ3n) is 9.87. The van der Waals surface area contributed by atoms with Gasteiger partial charge in [-0.3, -0.25) is 0 Å². The van der Waals surface area contributed by atoms with Crippen LogP contribution in [0.2, 0.25) is 0 Å². The summed E-state index contributed by atoms with van der Waals surface area (Å²) >= 11 is 0. The third kappa shape index (κ3) is 4.56. The topological polar surface area (TPSA) is 38.7 Å². The van der Waals surface area contributed by atoms with E-state index in [4.69, 9.17) is 15.0 Å². The van der Waals surface area contributed by atoms with E-state index in [2.05, 4.69) is 164 Å². The second kappa shape index (κ2) is 11.5. The Morgan fingerprint density at radius 1 is 0.260 bits per heavy atom. The summed E-state index contributed by atoms with van der Waals surface area (Å²) in [6.45, 7) is 0. The molecule has 0 spiro atoms. The molecule has 3 nitrogen and oxygen atoms in total. The molecule has 0 bridgehead atoms. The van der Waals surface area contributed by atoms with Crippen molar-refractivity contribution in [2.75, 3.05) is 0 Å². The van der Waals surface area contributed by atoms with E-state index < -0.39 is 0 Å². The highest BCUT2D eigenvalue weighted by atomic mass is 14.9. The fraction of sp³-hybridized carbons (Fsp3) is 0. The van der Waals surface area contributed by atoms with Crippen molar-refractivity contribution in [2.45, 2.75) is 0 Å². The molecule has 0 aliphatic rings. The number of fused-ring (bicyclic) bond motifs is 9. The summed E-state index contributed by atoms with van der Waals surface area (Å²) in [4.78, 5) is 15.6. The minimum atomic E-state index is 0.700. The van der Waals surface area contributed by atoms with E-state index in [-0.39, 0.29) is 0 Å². The van der Waals surface area contributed by atoms with Gasteiger partial charge in [-0.15, -0.1) is 0 Å². The second-order valence-corrected chi connectivity index (χ2v) is 12.8. The molecule has 0 aliphatic heterocycles. The van der Waals surface area contributed by atoms with Gasteiger partial charge < -0.3 is 0 Å². The minimum Gasteiger partial charge on any atom is -0.246 e. The summed E-state index contributed by atoms with van der Waals surface area (Å²) in [6, 6.07) is 61.9. The molecule has 8 aromatic carbocycles. The molecule has 3 heteroatoms. The number of rotatable bonds is 4. The van der Waals surface area contributed by atoms with Crippen molar-refractivity contribution in [3.8, 4) is 45.0 Å². The van der Waals surface area contributed by atoms with Crippen molar-refractivity contribution in [3.63, 3.8) is 0 Å². The van der Waals surface area contributed by atoms with E-state index in [1.54, 1.807) is 0 Å². The maximum atomic E-state index is 5.45. The molecule has 0 radical (unpaired) electrons. The molecule has 0 atom stereocenters. The Kier molecular flexibility index (Phi) is 6.49. The van der Waals surface area contributed by atoms with E-state index >= 15 is 0 Å². The van der Waals surface area contributed by atoms with Gasteiger partial charge in [-0.25, -0.2) is 15.0 Å². The van der Waals surface area contributed by atoms with Crippen LogP contribution in [0, 0.1) is 0 Å². The van der Waals surface area contributed by atoms with Crippen LogP contribution in [0.5, 0.6) is 0 Å². The lowest BCUT2D eigenvalue weighted by atomic mass is 9.92. The Labute approximate surface area is 289 Å². The van der Waals surface area contributed by atoms with Crippen LogP contribution in [0.25, 0.3) is 99.2 Å². The normalized spacial score (nSPS) is 11.6.